The Kier molecular flexibility index (Phi) is 3.87. The van der Waals surface area contributed by atoms with E-state index in [0.717, 1.165) is 48.9 Å². The number of hydrogen-bond donors (Lipinski definition) is 1. The van der Waals surface area contributed by atoms with Crippen LogP contribution in [-0.4, -0.2) is 28.1 Å². The van der Waals surface area contributed by atoms with Gasteiger partial charge in [0.2, 0.25) is 5.91 Å². The van der Waals surface area contributed by atoms with Crippen molar-refractivity contribution < 1.29 is 9.18 Å². The van der Waals surface area contributed by atoms with Gasteiger partial charge in [0.1, 0.15) is 5.82 Å². The molecule has 1 saturated carbocycles. The first-order valence-corrected chi connectivity index (χ1v) is 8.69. The molecule has 2 aliphatic carbocycles. The van der Waals surface area contributed by atoms with E-state index in [2.05, 4.69) is 10.2 Å². The summed E-state index contributed by atoms with van der Waals surface area (Å²) in [4.78, 5) is 15.1. The lowest BCUT2D eigenvalue weighted by Crippen LogP contribution is -2.37. The number of nitrogens with zero attached hydrogens (tertiary/aromatic N) is 2. The molecule has 0 saturated heterocycles. The Bertz CT molecular complexity index is 735. The van der Waals surface area contributed by atoms with Crippen LogP contribution in [0.2, 0.25) is 0 Å². The fourth-order valence-corrected chi connectivity index (χ4v) is 3.98. The minimum atomic E-state index is -0.238. The average molecular weight is 327 g/mol. The van der Waals surface area contributed by atoms with Gasteiger partial charge in [-0.3, -0.25) is 9.89 Å². The quantitative estimate of drug-likeness (QED) is 0.933. The van der Waals surface area contributed by atoms with Crippen LogP contribution in [0, 0.1) is 11.7 Å². The van der Waals surface area contributed by atoms with Crippen LogP contribution in [0.4, 0.5) is 4.39 Å². The molecule has 1 fully saturated rings. The first-order valence-electron chi connectivity index (χ1n) is 8.69. The maximum atomic E-state index is 13.3. The van der Waals surface area contributed by atoms with E-state index < -0.39 is 0 Å². The summed E-state index contributed by atoms with van der Waals surface area (Å²) in [5.74, 6) is 0.284. The molecule has 0 aliphatic heterocycles. The normalized spacial score (nSPS) is 21.2. The molecule has 2 atom stereocenters. The summed E-state index contributed by atoms with van der Waals surface area (Å²) in [5.41, 5.74) is 3.17. The molecule has 0 radical (unpaired) electrons. The van der Waals surface area contributed by atoms with Gasteiger partial charge >= 0.3 is 0 Å². The Morgan fingerprint density at radius 2 is 2.04 bits per heavy atom. The largest absolute Gasteiger partial charge is 0.338 e. The molecule has 2 unspecified atom stereocenters. The van der Waals surface area contributed by atoms with Gasteiger partial charge in [-0.25, -0.2) is 4.39 Å². The lowest BCUT2D eigenvalue weighted by atomic mass is 9.85. The SMILES string of the molecule is CN(C(=O)C1CCCc2[nH]ncc21)C(c1ccc(F)cc1)C1CC1. The Morgan fingerprint density at radius 3 is 2.75 bits per heavy atom. The minimum absolute atomic E-state index is 0.0374. The van der Waals surface area contributed by atoms with E-state index in [1.807, 2.05) is 24.1 Å². The Morgan fingerprint density at radius 1 is 1.29 bits per heavy atom. The van der Waals surface area contributed by atoms with Crippen LogP contribution < -0.4 is 0 Å². The zero-order valence-corrected chi connectivity index (χ0v) is 13.8. The van der Waals surface area contributed by atoms with Crippen LogP contribution in [0.3, 0.4) is 0 Å². The topological polar surface area (TPSA) is 49.0 Å². The number of rotatable bonds is 4. The van der Waals surface area contributed by atoms with Crippen molar-refractivity contribution in [3.05, 3.63) is 53.1 Å². The van der Waals surface area contributed by atoms with Crippen molar-refractivity contribution in [2.75, 3.05) is 7.05 Å². The zero-order chi connectivity index (χ0) is 16.7. The number of amides is 1. The zero-order valence-electron chi connectivity index (χ0n) is 13.8. The van der Waals surface area contributed by atoms with Crippen LogP contribution in [-0.2, 0) is 11.2 Å². The summed E-state index contributed by atoms with van der Waals surface area (Å²) in [6.45, 7) is 0. The van der Waals surface area contributed by atoms with Gasteiger partial charge in [0.15, 0.2) is 0 Å². The monoisotopic (exact) mass is 327 g/mol. The molecule has 1 aromatic heterocycles. The molecule has 4 rings (SSSR count). The third-order valence-corrected chi connectivity index (χ3v) is 5.39. The second kappa shape index (κ2) is 6.04. The van der Waals surface area contributed by atoms with Gasteiger partial charge < -0.3 is 4.90 Å². The molecule has 24 heavy (non-hydrogen) atoms. The van der Waals surface area contributed by atoms with E-state index in [-0.39, 0.29) is 23.7 Å². The molecular weight excluding hydrogens is 305 g/mol. The smallest absolute Gasteiger partial charge is 0.230 e. The number of aromatic nitrogens is 2. The molecule has 126 valence electrons. The van der Waals surface area contributed by atoms with Gasteiger partial charge in [0.25, 0.3) is 0 Å². The minimum Gasteiger partial charge on any atom is -0.338 e. The fourth-order valence-electron chi connectivity index (χ4n) is 3.98. The fraction of sp³-hybridized carbons (Fsp3) is 0.474. The summed E-state index contributed by atoms with van der Waals surface area (Å²) in [6, 6.07) is 6.63. The van der Waals surface area contributed by atoms with E-state index in [9.17, 15) is 9.18 Å². The number of benzene rings is 1. The lowest BCUT2D eigenvalue weighted by molar-refractivity contribution is -0.134. The van der Waals surface area contributed by atoms with Gasteiger partial charge in [-0.15, -0.1) is 0 Å². The summed E-state index contributed by atoms with van der Waals surface area (Å²) in [7, 11) is 1.89. The van der Waals surface area contributed by atoms with E-state index in [1.165, 1.54) is 12.1 Å². The summed E-state index contributed by atoms with van der Waals surface area (Å²) >= 11 is 0. The highest BCUT2D eigenvalue weighted by Crippen LogP contribution is 2.45. The second-order valence-corrected chi connectivity index (χ2v) is 7.03. The first-order chi connectivity index (χ1) is 11.6. The van der Waals surface area contributed by atoms with Gasteiger partial charge in [0.05, 0.1) is 18.2 Å². The third kappa shape index (κ3) is 2.72. The molecule has 1 aromatic carbocycles. The van der Waals surface area contributed by atoms with Crippen molar-refractivity contribution in [2.24, 2.45) is 5.92 Å². The number of hydrogen-bond acceptors (Lipinski definition) is 2. The predicted molar refractivity (Wildman–Crippen MR) is 88.9 cm³/mol. The number of likely N-dealkylation sites (N-methyl/N-ethyl adjacent to an activating group) is 1. The molecule has 5 heteroatoms. The van der Waals surface area contributed by atoms with Crippen molar-refractivity contribution in [2.45, 2.75) is 44.1 Å². The number of H-pyrrole nitrogens is 1. The number of aryl methyl sites for hydroxylation is 1. The molecule has 1 heterocycles. The van der Waals surface area contributed by atoms with Crippen LogP contribution >= 0.6 is 0 Å². The van der Waals surface area contributed by atoms with Gasteiger partial charge in [0, 0.05) is 18.3 Å². The highest BCUT2D eigenvalue weighted by atomic mass is 19.1. The number of nitrogens with one attached hydrogen (secondary N) is 1. The van der Waals surface area contributed by atoms with Crippen molar-refractivity contribution in [1.29, 1.82) is 0 Å². The Balaban J connectivity index is 1.60. The van der Waals surface area contributed by atoms with Crippen molar-refractivity contribution in [3.8, 4) is 0 Å². The van der Waals surface area contributed by atoms with Gasteiger partial charge in [-0.2, -0.15) is 5.10 Å². The maximum Gasteiger partial charge on any atom is 0.230 e. The van der Waals surface area contributed by atoms with Crippen molar-refractivity contribution >= 4 is 5.91 Å². The Labute approximate surface area is 141 Å². The number of fused-ring (bicyclic) bond motifs is 1. The number of aromatic amines is 1. The predicted octanol–water partition coefficient (Wildman–Crippen LogP) is 3.58. The number of carbonyl (C=O) groups excluding carboxylic acids is 1. The summed E-state index contributed by atoms with van der Waals surface area (Å²) < 4.78 is 13.3. The summed E-state index contributed by atoms with van der Waals surface area (Å²) in [5, 5.41) is 7.14. The maximum absolute atomic E-state index is 13.3. The van der Waals surface area contributed by atoms with Crippen molar-refractivity contribution in [3.63, 3.8) is 0 Å². The van der Waals surface area contributed by atoms with E-state index in [1.54, 1.807) is 6.20 Å². The standard InChI is InChI=1S/C19H22FN3O/c1-23(18(12-5-6-12)13-7-9-14(20)10-8-13)19(24)15-3-2-4-17-16(15)11-21-22-17/h7-12,15,18H,2-6H2,1H3,(H,21,22). The number of carbonyl (C=O) groups is 1. The van der Waals surface area contributed by atoms with E-state index in [4.69, 9.17) is 0 Å². The molecule has 0 spiro atoms. The Hall–Kier alpha value is -2.17. The van der Waals surface area contributed by atoms with E-state index >= 15 is 0 Å². The first kappa shape index (κ1) is 15.4. The average Bonchev–Trinajstić information content (AvgIpc) is 3.30. The third-order valence-electron chi connectivity index (χ3n) is 5.39. The number of halogens is 1. The lowest BCUT2D eigenvalue weighted by Gasteiger charge is -2.33. The summed E-state index contributed by atoms with van der Waals surface area (Å²) in [6.07, 6.45) is 6.89. The highest BCUT2D eigenvalue weighted by molar-refractivity contribution is 5.84. The van der Waals surface area contributed by atoms with Gasteiger partial charge in [-0.05, 0) is 55.7 Å². The molecule has 4 nitrogen and oxygen atoms in total. The second-order valence-electron chi connectivity index (χ2n) is 7.03. The van der Waals surface area contributed by atoms with Crippen LogP contribution in [0.15, 0.2) is 30.5 Å². The molecular formula is C19H22FN3O. The van der Waals surface area contributed by atoms with Crippen LogP contribution in [0.1, 0.15) is 54.5 Å². The van der Waals surface area contributed by atoms with Crippen LogP contribution in [0.5, 0.6) is 0 Å². The van der Waals surface area contributed by atoms with Gasteiger partial charge in [-0.1, -0.05) is 12.1 Å². The molecule has 0 bridgehead atoms. The van der Waals surface area contributed by atoms with Crippen LogP contribution in [0.25, 0.3) is 0 Å². The molecule has 1 amide bonds. The molecule has 1 N–H and O–H groups in total. The van der Waals surface area contributed by atoms with Crippen molar-refractivity contribution in [1.82, 2.24) is 15.1 Å². The molecule has 2 aromatic rings. The van der Waals surface area contributed by atoms with E-state index in [0.29, 0.717) is 5.92 Å². The molecule has 2 aliphatic rings. The highest BCUT2D eigenvalue weighted by Gasteiger charge is 2.39.